The molecule has 1 saturated carbocycles. The molecule has 0 saturated heterocycles. The fraction of sp³-hybridized carbons (Fsp3) is 1.00. The van der Waals surface area contributed by atoms with Gasteiger partial charge in [-0.25, -0.2) is 0 Å². The molecule has 0 aliphatic heterocycles. The van der Waals surface area contributed by atoms with Crippen LogP contribution < -0.4 is 5.32 Å². The third-order valence-corrected chi connectivity index (χ3v) is 4.72. The monoisotopic (exact) mass is 269 g/mol. The molecule has 1 fully saturated rings. The van der Waals surface area contributed by atoms with E-state index in [1.807, 2.05) is 0 Å². The number of unbranched alkanes of at least 4 members (excludes halogenated alkanes) is 1. The van der Waals surface area contributed by atoms with E-state index in [2.05, 4.69) is 33.1 Å². The predicted molar refractivity (Wildman–Crippen MR) is 83.5 cm³/mol. The van der Waals surface area contributed by atoms with Crippen LogP contribution in [0.4, 0.5) is 0 Å². The summed E-state index contributed by atoms with van der Waals surface area (Å²) in [5.41, 5.74) is 0.117. The Balaban J connectivity index is 2.47. The van der Waals surface area contributed by atoms with Gasteiger partial charge in [-0.2, -0.15) is 0 Å². The normalized spacial score (nSPS) is 29.4. The highest BCUT2D eigenvalue weighted by atomic mass is 16.5. The molecule has 0 amide bonds. The van der Waals surface area contributed by atoms with E-state index in [-0.39, 0.29) is 5.60 Å². The zero-order valence-electron chi connectivity index (χ0n) is 13.6. The van der Waals surface area contributed by atoms with Gasteiger partial charge in [0, 0.05) is 6.54 Å². The van der Waals surface area contributed by atoms with Gasteiger partial charge in [0.2, 0.25) is 0 Å². The average molecular weight is 269 g/mol. The molecule has 1 N–H and O–H groups in total. The van der Waals surface area contributed by atoms with Gasteiger partial charge in [-0.05, 0) is 38.1 Å². The molecule has 2 nitrogen and oxygen atoms in total. The van der Waals surface area contributed by atoms with Crippen LogP contribution >= 0.6 is 0 Å². The SMILES string of the molecule is CCCCC(CC)COC1(CNC)CCCC(C)C1. The largest absolute Gasteiger partial charge is 0.373 e. The molecule has 0 aromatic carbocycles. The minimum Gasteiger partial charge on any atom is -0.373 e. The fourth-order valence-electron chi connectivity index (χ4n) is 3.47. The van der Waals surface area contributed by atoms with Gasteiger partial charge < -0.3 is 10.1 Å². The van der Waals surface area contributed by atoms with Crippen molar-refractivity contribution in [1.82, 2.24) is 5.32 Å². The van der Waals surface area contributed by atoms with E-state index >= 15 is 0 Å². The Labute approximate surface area is 120 Å². The van der Waals surface area contributed by atoms with Crippen molar-refractivity contribution in [1.29, 1.82) is 0 Å². The number of nitrogens with one attached hydrogen (secondary N) is 1. The third-order valence-electron chi connectivity index (χ3n) is 4.72. The Morgan fingerprint density at radius 1 is 1.37 bits per heavy atom. The van der Waals surface area contributed by atoms with E-state index in [1.165, 1.54) is 51.4 Å². The lowest BCUT2D eigenvalue weighted by atomic mass is 9.78. The molecule has 1 aliphatic carbocycles. The molecule has 114 valence electrons. The van der Waals surface area contributed by atoms with Crippen molar-refractivity contribution in [3.8, 4) is 0 Å². The highest BCUT2D eigenvalue weighted by molar-refractivity contribution is 4.89. The van der Waals surface area contributed by atoms with Crippen molar-refractivity contribution in [3.63, 3.8) is 0 Å². The first-order valence-corrected chi connectivity index (χ1v) is 8.44. The fourth-order valence-corrected chi connectivity index (χ4v) is 3.47. The molecule has 19 heavy (non-hydrogen) atoms. The van der Waals surface area contributed by atoms with Gasteiger partial charge in [-0.15, -0.1) is 0 Å². The zero-order chi connectivity index (χ0) is 14.1. The molecular weight excluding hydrogens is 234 g/mol. The standard InChI is InChI=1S/C17H35NO/c1-5-7-10-16(6-2)13-19-17(14-18-4)11-8-9-15(3)12-17/h15-16,18H,5-14H2,1-4H3. The molecule has 0 spiro atoms. The minimum atomic E-state index is 0.117. The van der Waals surface area contributed by atoms with E-state index in [4.69, 9.17) is 4.74 Å². The van der Waals surface area contributed by atoms with Crippen LogP contribution in [0.3, 0.4) is 0 Å². The maximum atomic E-state index is 6.47. The van der Waals surface area contributed by atoms with Gasteiger partial charge in [-0.3, -0.25) is 0 Å². The smallest absolute Gasteiger partial charge is 0.0808 e. The van der Waals surface area contributed by atoms with Gasteiger partial charge in [0.15, 0.2) is 0 Å². The molecule has 0 aromatic rings. The van der Waals surface area contributed by atoms with Crippen molar-refractivity contribution >= 4 is 0 Å². The lowest BCUT2D eigenvalue weighted by Crippen LogP contribution is -2.46. The Bertz CT molecular complexity index is 227. The van der Waals surface area contributed by atoms with Crippen molar-refractivity contribution in [2.24, 2.45) is 11.8 Å². The van der Waals surface area contributed by atoms with Gasteiger partial charge in [0.05, 0.1) is 12.2 Å². The number of likely N-dealkylation sites (N-methyl/N-ethyl adjacent to an activating group) is 1. The number of hydrogen-bond acceptors (Lipinski definition) is 2. The highest BCUT2D eigenvalue weighted by Gasteiger charge is 2.35. The second-order valence-corrected chi connectivity index (χ2v) is 6.64. The average Bonchev–Trinajstić information content (AvgIpc) is 2.39. The Hall–Kier alpha value is -0.0800. The van der Waals surface area contributed by atoms with Crippen molar-refractivity contribution in [3.05, 3.63) is 0 Å². The molecule has 1 aliphatic rings. The number of ether oxygens (including phenoxy) is 1. The van der Waals surface area contributed by atoms with Crippen LogP contribution in [0.1, 0.15) is 72.1 Å². The molecule has 0 heterocycles. The van der Waals surface area contributed by atoms with E-state index in [1.54, 1.807) is 0 Å². The van der Waals surface area contributed by atoms with Crippen molar-refractivity contribution < 1.29 is 4.74 Å². The Morgan fingerprint density at radius 2 is 2.16 bits per heavy atom. The van der Waals surface area contributed by atoms with Crippen molar-refractivity contribution in [2.45, 2.75) is 77.7 Å². The van der Waals surface area contributed by atoms with Crippen LogP contribution in [0, 0.1) is 11.8 Å². The molecule has 3 atom stereocenters. The van der Waals surface area contributed by atoms with Gasteiger partial charge in [0.25, 0.3) is 0 Å². The molecule has 1 rings (SSSR count). The zero-order valence-corrected chi connectivity index (χ0v) is 13.6. The molecule has 0 bridgehead atoms. The highest BCUT2D eigenvalue weighted by Crippen LogP contribution is 2.35. The maximum absolute atomic E-state index is 6.47. The second kappa shape index (κ2) is 8.97. The van der Waals surface area contributed by atoms with E-state index in [0.717, 1.165) is 25.0 Å². The first-order chi connectivity index (χ1) is 9.15. The summed E-state index contributed by atoms with van der Waals surface area (Å²) in [6.45, 7) is 8.94. The lowest BCUT2D eigenvalue weighted by molar-refractivity contribution is -0.0918. The summed E-state index contributed by atoms with van der Waals surface area (Å²) in [4.78, 5) is 0. The van der Waals surface area contributed by atoms with Crippen LogP contribution in [0.15, 0.2) is 0 Å². The Morgan fingerprint density at radius 3 is 2.74 bits per heavy atom. The maximum Gasteiger partial charge on any atom is 0.0808 e. The van der Waals surface area contributed by atoms with Crippen LogP contribution in [-0.4, -0.2) is 25.8 Å². The lowest BCUT2D eigenvalue weighted by Gasteiger charge is -2.41. The van der Waals surface area contributed by atoms with Gasteiger partial charge in [-0.1, -0.05) is 52.9 Å². The predicted octanol–water partition coefficient (Wildman–Crippen LogP) is 4.39. The summed E-state index contributed by atoms with van der Waals surface area (Å²) >= 11 is 0. The van der Waals surface area contributed by atoms with E-state index in [0.29, 0.717) is 0 Å². The van der Waals surface area contributed by atoms with Gasteiger partial charge >= 0.3 is 0 Å². The molecule has 0 aromatic heterocycles. The quantitative estimate of drug-likeness (QED) is 0.670. The summed E-state index contributed by atoms with van der Waals surface area (Å²) < 4.78 is 6.47. The minimum absolute atomic E-state index is 0.117. The van der Waals surface area contributed by atoms with E-state index < -0.39 is 0 Å². The second-order valence-electron chi connectivity index (χ2n) is 6.64. The van der Waals surface area contributed by atoms with Crippen LogP contribution in [0.5, 0.6) is 0 Å². The number of rotatable bonds is 9. The molecule has 0 radical (unpaired) electrons. The summed E-state index contributed by atoms with van der Waals surface area (Å²) in [5.74, 6) is 1.57. The van der Waals surface area contributed by atoms with Crippen LogP contribution in [0.2, 0.25) is 0 Å². The number of hydrogen-bond donors (Lipinski definition) is 1. The summed E-state index contributed by atoms with van der Waals surface area (Å²) in [7, 11) is 2.05. The summed E-state index contributed by atoms with van der Waals surface area (Å²) in [5, 5.41) is 3.36. The van der Waals surface area contributed by atoms with Crippen LogP contribution in [0.25, 0.3) is 0 Å². The third kappa shape index (κ3) is 5.83. The topological polar surface area (TPSA) is 21.3 Å². The van der Waals surface area contributed by atoms with E-state index in [9.17, 15) is 0 Å². The Kier molecular flexibility index (Phi) is 8.01. The summed E-state index contributed by atoms with van der Waals surface area (Å²) in [6.07, 6.45) is 10.4. The first-order valence-electron chi connectivity index (χ1n) is 8.44. The molecule has 2 heteroatoms. The first kappa shape index (κ1) is 17.0. The summed E-state index contributed by atoms with van der Waals surface area (Å²) in [6, 6.07) is 0. The van der Waals surface area contributed by atoms with Crippen LogP contribution in [-0.2, 0) is 4.74 Å². The van der Waals surface area contributed by atoms with Crippen molar-refractivity contribution in [2.75, 3.05) is 20.2 Å². The molecule has 3 unspecified atom stereocenters. The molecular formula is C17H35NO. The van der Waals surface area contributed by atoms with Gasteiger partial charge in [0.1, 0.15) is 0 Å².